The van der Waals surface area contributed by atoms with Gasteiger partial charge in [0.25, 0.3) is 5.91 Å². The number of carbonyl (C=O) groups is 2. The van der Waals surface area contributed by atoms with Crippen molar-refractivity contribution < 1.29 is 14.0 Å². The number of hydrogen-bond acceptors (Lipinski definition) is 3. The molecule has 0 spiro atoms. The molecule has 2 aromatic rings. The SMILES string of the molecule is CCN(CC(=O)NC(C)C)C(=O)c1c(C)nn(-c2ccc(F)cc2)c1Cl. The van der Waals surface area contributed by atoms with Gasteiger partial charge in [0.1, 0.15) is 11.0 Å². The Labute approximate surface area is 156 Å². The van der Waals surface area contributed by atoms with Crippen molar-refractivity contribution in [2.75, 3.05) is 13.1 Å². The van der Waals surface area contributed by atoms with Crippen LogP contribution in [0.25, 0.3) is 5.69 Å². The van der Waals surface area contributed by atoms with Crippen molar-refractivity contribution in [3.8, 4) is 5.69 Å². The number of aryl methyl sites for hydroxylation is 1. The van der Waals surface area contributed by atoms with Crippen molar-refractivity contribution in [1.29, 1.82) is 0 Å². The smallest absolute Gasteiger partial charge is 0.259 e. The molecule has 1 aromatic heterocycles. The Morgan fingerprint density at radius 3 is 2.46 bits per heavy atom. The Kier molecular flexibility index (Phi) is 6.37. The first kappa shape index (κ1) is 19.9. The highest BCUT2D eigenvalue weighted by atomic mass is 35.5. The van der Waals surface area contributed by atoms with E-state index in [9.17, 15) is 14.0 Å². The quantitative estimate of drug-likeness (QED) is 0.837. The molecule has 1 heterocycles. The van der Waals surface area contributed by atoms with Crippen molar-refractivity contribution in [3.05, 3.63) is 46.5 Å². The summed E-state index contributed by atoms with van der Waals surface area (Å²) in [6, 6.07) is 5.62. The molecular formula is C18H22ClFN4O2. The predicted molar refractivity (Wildman–Crippen MR) is 98.1 cm³/mol. The second-order valence-corrected chi connectivity index (χ2v) is 6.54. The summed E-state index contributed by atoms with van der Waals surface area (Å²) in [5, 5.41) is 7.17. The molecule has 1 aromatic carbocycles. The van der Waals surface area contributed by atoms with Crippen LogP contribution in [0.1, 0.15) is 36.8 Å². The largest absolute Gasteiger partial charge is 0.352 e. The van der Waals surface area contributed by atoms with Crippen molar-refractivity contribution in [2.45, 2.75) is 33.7 Å². The predicted octanol–water partition coefficient (Wildman–Crippen LogP) is 2.96. The molecule has 0 atom stereocenters. The summed E-state index contributed by atoms with van der Waals surface area (Å²) in [6.45, 7) is 7.44. The zero-order valence-corrected chi connectivity index (χ0v) is 16.0. The van der Waals surface area contributed by atoms with E-state index in [2.05, 4.69) is 10.4 Å². The van der Waals surface area contributed by atoms with Crippen LogP contribution in [-0.2, 0) is 4.79 Å². The number of nitrogens with zero attached hydrogens (tertiary/aromatic N) is 3. The summed E-state index contributed by atoms with van der Waals surface area (Å²) in [4.78, 5) is 26.3. The second kappa shape index (κ2) is 8.31. The molecule has 6 nitrogen and oxygen atoms in total. The summed E-state index contributed by atoms with van der Waals surface area (Å²) in [7, 11) is 0. The molecule has 0 bridgehead atoms. The topological polar surface area (TPSA) is 67.2 Å². The molecule has 1 N–H and O–H groups in total. The van der Waals surface area contributed by atoms with Crippen molar-refractivity contribution in [2.24, 2.45) is 0 Å². The molecule has 0 unspecified atom stereocenters. The van der Waals surface area contributed by atoms with Crippen LogP contribution in [0.4, 0.5) is 4.39 Å². The van der Waals surface area contributed by atoms with Crippen molar-refractivity contribution in [1.82, 2.24) is 20.0 Å². The minimum absolute atomic E-state index is 0.0112. The fourth-order valence-corrected chi connectivity index (χ4v) is 2.87. The third kappa shape index (κ3) is 4.40. The molecule has 8 heteroatoms. The van der Waals surface area contributed by atoms with E-state index in [4.69, 9.17) is 11.6 Å². The van der Waals surface area contributed by atoms with Gasteiger partial charge in [-0.15, -0.1) is 0 Å². The lowest BCUT2D eigenvalue weighted by molar-refractivity contribution is -0.122. The summed E-state index contributed by atoms with van der Waals surface area (Å²) in [5.41, 5.74) is 1.21. The Hall–Kier alpha value is -2.41. The van der Waals surface area contributed by atoms with E-state index in [1.54, 1.807) is 13.8 Å². The zero-order valence-electron chi connectivity index (χ0n) is 15.2. The van der Waals surface area contributed by atoms with Crippen LogP contribution in [0.15, 0.2) is 24.3 Å². The standard InChI is InChI=1S/C18H22ClFN4O2/c1-5-23(10-15(25)21-11(2)3)18(26)16-12(4)22-24(17(16)19)14-8-6-13(20)7-9-14/h6-9,11H,5,10H2,1-4H3,(H,21,25). The van der Waals surface area contributed by atoms with E-state index < -0.39 is 0 Å². The Balaban J connectivity index is 2.30. The van der Waals surface area contributed by atoms with Gasteiger partial charge >= 0.3 is 0 Å². The lowest BCUT2D eigenvalue weighted by Gasteiger charge is -2.21. The molecule has 0 aliphatic rings. The maximum atomic E-state index is 13.1. The molecule has 0 fully saturated rings. The summed E-state index contributed by atoms with van der Waals surface area (Å²) >= 11 is 6.38. The minimum Gasteiger partial charge on any atom is -0.352 e. The average molecular weight is 381 g/mol. The number of nitrogens with one attached hydrogen (secondary N) is 1. The highest BCUT2D eigenvalue weighted by molar-refractivity contribution is 6.33. The maximum absolute atomic E-state index is 13.1. The van der Waals surface area contributed by atoms with Crippen LogP contribution < -0.4 is 5.32 Å². The first-order valence-corrected chi connectivity index (χ1v) is 8.72. The van der Waals surface area contributed by atoms with Gasteiger partial charge in [0.15, 0.2) is 0 Å². The molecule has 0 saturated heterocycles. The Morgan fingerprint density at radius 1 is 1.31 bits per heavy atom. The average Bonchev–Trinajstić information content (AvgIpc) is 2.86. The van der Waals surface area contributed by atoms with Gasteiger partial charge in [0.2, 0.25) is 5.91 Å². The van der Waals surface area contributed by atoms with Gasteiger partial charge in [0.05, 0.1) is 23.5 Å². The first-order valence-electron chi connectivity index (χ1n) is 8.34. The van der Waals surface area contributed by atoms with Gasteiger partial charge in [-0.3, -0.25) is 9.59 Å². The van der Waals surface area contributed by atoms with Gasteiger partial charge < -0.3 is 10.2 Å². The molecule has 0 aliphatic carbocycles. The van der Waals surface area contributed by atoms with Crippen LogP contribution in [0.5, 0.6) is 0 Å². The van der Waals surface area contributed by atoms with Crippen LogP contribution in [0.2, 0.25) is 5.15 Å². The van der Waals surface area contributed by atoms with Crippen LogP contribution in [0, 0.1) is 12.7 Å². The van der Waals surface area contributed by atoms with E-state index in [1.807, 2.05) is 13.8 Å². The molecule has 140 valence electrons. The van der Waals surface area contributed by atoms with Crippen molar-refractivity contribution >= 4 is 23.4 Å². The number of hydrogen-bond donors (Lipinski definition) is 1. The number of halogens is 2. The third-order valence-electron chi connectivity index (χ3n) is 3.74. The summed E-state index contributed by atoms with van der Waals surface area (Å²) < 4.78 is 14.5. The van der Waals surface area contributed by atoms with E-state index in [-0.39, 0.29) is 40.9 Å². The molecule has 2 amide bonds. The van der Waals surface area contributed by atoms with E-state index >= 15 is 0 Å². The maximum Gasteiger partial charge on any atom is 0.259 e. The summed E-state index contributed by atoms with van der Waals surface area (Å²) in [6.07, 6.45) is 0. The fourth-order valence-electron chi connectivity index (χ4n) is 2.52. The zero-order chi connectivity index (χ0) is 19.4. The number of amides is 2. The van der Waals surface area contributed by atoms with Crippen LogP contribution in [0.3, 0.4) is 0 Å². The second-order valence-electron chi connectivity index (χ2n) is 6.18. The van der Waals surface area contributed by atoms with E-state index in [0.29, 0.717) is 17.9 Å². The molecule has 0 radical (unpaired) electrons. The van der Waals surface area contributed by atoms with Gasteiger partial charge in [-0.1, -0.05) is 11.6 Å². The first-order chi connectivity index (χ1) is 12.2. The normalized spacial score (nSPS) is 10.9. The Morgan fingerprint density at radius 2 is 1.92 bits per heavy atom. The van der Waals surface area contributed by atoms with E-state index in [0.717, 1.165) is 0 Å². The van der Waals surface area contributed by atoms with E-state index in [1.165, 1.54) is 33.8 Å². The third-order valence-corrected chi connectivity index (χ3v) is 4.09. The van der Waals surface area contributed by atoms with Gasteiger partial charge in [-0.05, 0) is 52.0 Å². The monoisotopic (exact) mass is 380 g/mol. The Bertz CT molecular complexity index is 802. The van der Waals surface area contributed by atoms with Gasteiger partial charge in [0, 0.05) is 12.6 Å². The highest BCUT2D eigenvalue weighted by Crippen LogP contribution is 2.25. The molecule has 26 heavy (non-hydrogen) atoms. The minimum atomic E-state index is -0.377. The fraction of sp³-hybridized carbons (Fsp3) is 0.389. The summed E-state index contributed by atoms with van der Waals surface area (Å²) in [5.74, 6) is -0.990. The van der Waals surface area contributed by atoms with Gasteiger partial charge in [-0.25, -0.2) is 9.07 Å². The number of benzene rings is 1. The molecule has 0 saturated carbocycles. The lowest BCUT2D eigenvalue weighted by Crippen LogP contribution is -2.42. The van der Waals surface area contributed by atoms with Gasteiger partial charge in [-0.2, -0.15) is 5.10 Å². The molecular weight excluding hydrogens is 359 g/mol. The number of aromatic nitrogens is 2. The molecule has 2 rings (SSSR count). The number of likely N-dealkylation sites (N-methyl/N-ethyl adjacent to an activating group) is 1. The number of carbonyl (C=O) groups excluding carboxylic acids is 2. The van der Waals surface area contributed by atoms with Crippen LogP contribution >= 0.6 is 11.6 Å². The van der Waals surface area contributed by atoms with Crippen LogP contribution in [-0.4, -0.2) is 45.6 Å². The highest BCUT2D eigenvalue weighted by Gasteiger charge is 2.26. The molecule has 0 aliphatic heterocycles. The number of rotatable bonds is 6. The van der Waals surface area contributed by atoms with Crippen molar-refractivity contribution in [3.63, 3.8) is 0 Å². The lowest BCUT2D eigenvalue weighted by atomic mass is 10.2.